The number of aromatic nitrogens is 2. The highest BCUT2D eigenvalue weighted by Gasteiger charge is 2.24. The first-order valence-corrected chi connectivity index (χ1v) is 11.3. The molecule has 0 bridgehead atoms. The Balaban J connectivity index is 1.49. The maximum absolute atomic E-state index is 11.6. The summed E-state index contributed by atoms with van der Waals surface area (Å²) >= 11 is 0. The molecule has 0 spiro atoms. The molecule has 1 unspecified atom stereocenters. The van der Waals surface area contributed by atoms with Crippen LogP contribution in [0.4, 0.5) is 11.4 Å². The molecule has 12 heteroatoms. The molecular formula is C22H31N9O3. The highest BCUT2D eigenvalue weighted by atomic mass is 16.6. The minimum Gasteiger partial charge on any atom is -0.379 e. The van der Waals surface area contributed by atoms with Gasteiger partial charge in [0.15, 0.2) is 5.96 Å². The van der Waals surface area contributed by atoms with Gasteiger partial charge in [0.2, 0.25) is 5.91 Å². The molecule has 0 radical (unpaired) electrons. The number of imidazole rings is 1. The molecule has 0 fully saturated rings. The molecule has 1 aromatic carbocycles. The number of H-pyrrole nitrogens is 1. The summed E-state index contributed by atoms with van der Waals surface area (Å²) in [6, 6.07) is 4.95. The van der Waals surface area contributed by atoms with Crippen LogP contribution in [-0.4, -0.2) is 57.0 Å². The predicted molar refractivity (Wildman–Crippen MR) is 130 cm³/mol. The van der Waals surface area contributed by atoms with Crippen molar-refractivity contribution in [3.8, 4) is 0 Å². The highest BCUT2D eigenvalue weighted by molar-refractivity contribution is 6.06. The lowest BCUT2D eigenvalue weighted by molar-refractivity contribution is -0.384. The summed E-state index contributed by atoms with van der Waals surface area (Å²) in [5.74, 6) is -0.238. The Morgan fingerprint density at radius 3 is 2.82 bits per heavy atom. The number of carbonyl (C=O) groups is 1. The minimum atomic E-state index is -0.421. The van der Waals surface area contributed by atoms with Crippen molar-refractivity contribution in [1.82, 2.24) is 20.3 Å². The van der Waals surface area contributed by atoms with E-state index in [4.69, 9.17) is 11.1 Å². The van der Waals surface area contributed by atoms with Crippen LogP contribution in [0.5, 0.6) is 0 Å². The van der Waals surface area contributed by atoms with Gasteiger partial charge in [-0.25, -0.2) is 10.4 Å². The van der Waals surface area contributed by atoms with Gasteiger partial charge in [-0.05, 0) is 31.7 Å². The van der Waals surface area contributed by atoms with Crippen molar-refractivity contribution in [2.24, 2.45) is 16.8 Å². The third-order valence-corrected chi connectivity index (χ3v) is 5.68. The molecule has 6 N–H and O–H groups in total. The number of aromatic amines is 1. The molecular weight excluding hydrogens is 438 g/mol. The molecule has 2 aromatic rings. The second-order valence-electron chi connectivity index (χ2n) is 8.30. The number of hydrazone groups is 1. The first kappa shape index (κ1) is 24.7. The number of nitrogens with one attached hydrogen (secondary N) is 4. The molecule has 0 aliphatic carbocycles. The number of nitro groups is 1. The minimum absolute atomic E-state index is 0.0342. The van der Waals surface area contributed by atoms with Gasteiger partial charge in [-0.15, -0.1) is 0 Å². The van der Waals surface area contributed by atoms with Gasteiger partial charge in [-0.1, -0.05) is 13.0 Å². The van der Waals surface area contributed by atoms with Crippen molar-refractivity contribution in [3.63, 3.8) is 0 Å². The van der Waals surface area contributed by atoms with Crippen LogP contribution in [0.2, 0.25) is 0 Å². The molecule has 1 aliphatic heterocycles. The van der Waals surface area contributed by atoms with Crippen LogP contribution in [0, 0.1) is 21.4 Å². The number of hydrogen-bond acceptors (Lipinski definition) is 7. The quantitative estimate of drug-likeness (QED) is 0.104. The number of nitrogens with zero attached hydrogens (tertiary/aromatic N) is 4. The van der Waals surface area contributed by atoms with E-state index >= 15 is 0 Å². The molecule has 1 aromatic heterocycles. The zero-order valence-corrected chi connectivity index (χ0v) is 19.2. The van der Waals surface area contributed by atoms with Crippen molar-refractivity contribution >= 4 is 29.0 Å². The first-order chi connectivity index (χ1) is 16.3. The number of hydrogen-bond donors (Lipinski definition) is 5. The Bertz CT molecular complexity index is 1040. The Hall–Kier alpha value is -3.96. The van der Waals surface area contributed by atoms with Crippen LogP contribution >= 0.6 is 0 Å². The van der Waals surface area contributed by atoms with E-state index in [2.05, 4.69) is 25.8 Å². The van der Waals surface area contributed by atoms with Crippen LogP contribution in [0.1, 0.15) is 43.9 Å². The summed E-state index contributed by atoms with van der Waals surface area (Å²) in [5.41, 5.74) is 10.8. The van der Waals surface area contributed by atoms with Crippen LogP contribution in [0.25, 0.3) is 0 Å². The second-order valence-corrected chi connectivity index (χ2v) is 8.30. The fourth-order valence-corrected chi connectivity index (χ4v) is 3.88. The summed E-state index contributed by atoms with van der Waals surface area (Å²) in [5, 5.41) is 26.6. The van der Waals surface area contributed by atoms with E-state index in [-0.39, 0.29) is 23.5 Å². The predicted octanol–water partition coefficient (Wildman–Crippen LogP) is 2.20. The first-order valence-electron chi connectivity index (χ1n) is 11.3. The lowest BCUT2D eigenvalue weighted by Gasteiger charge is -2.22. The fourth-order valence-electron chi connectivity index (χ4n) is 3.88. The summed E-state index contributed by atoms with van der Waals surface area (Å²) in [4.78, 5) is 31.6. The van der Waals surface area contributed by atoms with Gasteiger partial charge in [0.25, 0.3) is 5.69 Å². The Kier molecular flexibility index (Phi) is 8.54. The van der Waals surface area contributed by atoms with Crippen LogP contribution in [-0.2, 0) is 11.2 Å². The third-order valence-electron chi connectivity index (χ3n) is 5.68. The number of anilines is 1. The molecule has 1 amide bonds. The van der Waals surface area contributed by atoms with Crippen molar-refractivity contribution in [1.29, 1.82) is 5.41 Å². The SMILES string of the molecule is CC1CC(=O)NN=C1c1ccc(NCCCCN(CCCc2c[nH]cn2)C(=N)N)c([N+](=O)[O-])c1. The summed E-state index contributed by atoms with van der Waals surface area (Å²) < 4.78 is 0. The van der Waals surface area contributed by atoms with E-state index in [1.54, 1.807) is 18.5 Å². The number of nitro benzene ring substituents is 1. The zero-order valence-electron chi connectivity index (χ0n) is 19.2. The van der Waals surface area contributed by atoms with E-state index in [1.165, 1.54) is 6.07 Å². The standard InChI is InChI=1S/C22H31N9O3/c1-15-11-20(32)28-29-21(15)16-6-7-18(19(12-16)31(33)34)26-8-2-3-9-30(22(23)24)10-4-5-17-13-25-14-27-17/h6-7,12-15,26H,2-5,8-11H2,1H3,(H3,23,24)(H,25,27)(H,28,32). The van der Waals surface area contributed by atoms with Gasteiger partial charge in [0.05, 0.1) is 22.7 Å². The lowest BCUT2D eigenvalue weighted by atomic mass is 9.93. The van der Waals surface area contributed by atoms with Crippen molar-refractivity contribution in [2.45, 2.75) is 39.0 Å². The summed E-state index contributed by atoms with van der Waals surface area (Å²) in [7, 11) is 0. The van der Waals surface area contributed by atoms with Gasteiger partial charge in [0.1, 0.15) is 5.69 Å². The summed E-state index contributed by atoms with van der Waals surface area (Å²) in [6.45, 7) is 3.73. The molecule has 0 saturated heterocycles. The second kappa shape index (κ2) is 11.8. The maximum Gasteiger partial charge on any atom is 0.292 e. The van der Waals surface area contributed by atoms with Gasteiger partial charge < -0.3 is 20.9 Å². The van der Waals surface area contributed by atoms with Crippen LogP contribution in [0.15, 0.2) is 35.8 Å². The van der Waals surface area contributed by atoms with Gasteiger partial charge in [0, 0.05) is 49.8 Å². The van der Waals surface area contributed by atoms with E-state index < -0.39 is 4.92 Å². The van der Waals surface area contributed by atoms with E-state index in [9.17, 15) is 14.9 Å². The van der Waals surface area contributed by atoms with Crippen molar-refractivity contribution in [2.75, 3.05) is 25.0 Å². The number of rotatable bonds is 12. The summed E-state index contributed by atoms with van der Waals surface area (Å²) in [6.07, 6.45) is 7.00. The highest BCUT2D eigenvalue weighted by Crippen LogP contribution is 2.28. The van der Waals surface area contributed by atoms with E-state index in [0.717, 1.165) is 31.4 Å². The molecule has 34 heavy (non-hydrogen) atoms. The van der Waals surface area contributed by atoms with Crippen molar-refractivity contribution < 1.29 is 9.72 Å². The Morgan fingerprint density at radius 2 is 2.15 bits per heavy atom. The molecule has 182 valence electrons. The third kappa shape index (κ3) is 6.77. The molecule has 12 nitrogen and oxygen atoms in total. The Morgan fingerprint density at radius 1 is 1.35 bits per heavy atom. The van der Waals surface area contributed by atoms with Crippen LogP contribution in [0.3, 0.4) is 0 Å². The number of amides is 1. The number of aryl methyl sites for hydroxylation is 1. The molecule has 3 rings (SSSR count). The monoisotopic (exact) mass is 469 g/mol. The number of benzene rings is 1. The molecule has 1 atom stereocenters. The normalized spacial score (nSPS) is 15.4. The average molecular weight is 470 g/mol. The van der Waals surface area contributed by atoms with Gasteiger partial charge in [-0.2, -0.15) is 5.10 Å². The molecule has 2 heterocycles. The molecule has 1 aliphatic rings. The molecule has 0 saturated carbocycles. The zero-order chi connectivity index (χ0) is 24.5. The van der Waals surface area contributed by atoms with E-state index in [0.29, 0.717) is 43.0 Å². The smallest absolute Gasteiger partial charge is 0.292 e. The van der Waals surface area contributed by atoms with E-state index in [1.807, 2.05) is 18.0 Å². The van der Waals surface area contributed by atoms with Gasteiger partial charge in [-0.3, -0.25) is 20.3 Å². The largest absolute Gasteiger partial charge is 0.379 e. The Labute approximate surface area is 197 Å². The van der Waals surface area contributed by atoms with Gasteiger partial charge >= 0.3 is 0 Å². The average Bonchev–Trinajstić information content (AvgIpc) is 3.31. The van der Waals surface area contributed by atoms with Crippen LogP contribution < -0.4 is 16.5 Å². The number of carbonyl (C=O) groups excluding carboxylic acids is 1. The number of unbranched alkanes of at least 4 members (excludes halogenated alkanes) is 1. The lowest BCUT2D eigenvalue weighted by Crippen LogP contribution is -2.38. The number of guanidine groups is 1. The topological polar surface area (TPSA) is 178 Å². The number of nitrogens with two attached hydrogens (primary N) is 1. The maximum atomic E-state index is 11.6. The van der Waals surface area contributed by atoms with Crippen molar-refractivity contribution in [3.05, 3.63) is 52.1 Å². The fraction of sp³-hybridized carbons (Fsp3) is 0.455.